The average Bonchev–Trinajstić information content (AvgIpc) is 1.83. The van der Waals surface area contributed by atoms with E-state index in [1.54, 1.807) is 18.7 Å². The van der Waals surface area contributed by atoms with Gasteiger partial charge in [-0.05, 0) is 6.92 Å². The van der Waals surface area contributed by atoms with Crippen molar-refractivity contribution in [3.63, 3.8) is 0 Å². The molecule has 3 nitrogen and oxygen atoms in total. The van der Waals surface area contributed by atoms with Gasteiger partial charge in [-0.25, -0.2) is 4.79 Å². The monoisotopic (exact) mass is 161 g/mol. The molecular weight excluding hydrogens is 150 g/mol. The van der Waals surface area contributed by atoms with Crippen LogP contribution in [0.3, 0.4) is 0 Å². The van der Waals surface area contributed by atoms with Gasteiger partial charge in [0.2, 0.25) is 0 Å². The molecule has 0 aromatic heterocycles. The maximum Gasteiger partial charge on any atom is 0.327 e. The molecule has 0 saturated carbocycles. The summed E-state index contributed by atoms with van der Waals surface area (Å²) in [6.07, 6.45) is 0. The fourth-order valence-electron chi connectivity index (χ4n) is 0.715. The molecule has 1 rings (SSSR count). The van der Waals surface area contributed by atoms with Gasteiger partial charge in [0.05, 0.1) is 6.61 Å². The van der Waals surface area contributed by atoms with Crippen molar-refractivity contribution in [2.24, 2.45) is 5.73 Å². The smallest absolute Gasteiger partial charge is 0.327 e. The van der Waals surface area contributed by atoms with Crippen LogP contribution in [0.15, 0.2) is 0 Å². The summed E-state index contributed by atoms with van der Waals surface area (Å²) in [7, 11) is 0. The van der Waals surface area contributed by atoms with Gasteiger partial charge in [0.25, 0.3) is 0 Å². The maximum absolute atomic E-state index is 11.0. The number of carbonyl (C=O) groups excluding carboxylic acids is 1. The van der Waals surface area contributed by atoms with Crippen molar-refractivity contribution < 1.29 is 9.53 Å². The molecule has 0 amide bonds. The van der Waals surface area contributed by atoms with Gasteiger partial charge in [-0.3, -0.25) is 0 Å². The Balaban J connectivity index is 2.39. The minimum absolute atomic E-state index is 0.256. The molecule has 1 fully saturated rings. The summed E-state index contributed by atoms with van der Waals surface area (Å²) in [5, 5.41) is 0. The lowest BCUT2D eigenvalue weighted by Gasteiger charge is -2.34. The molecule has 1 saturated heterocycles. The van der Waals surface area contributed by atoms with Crippen molar-refractivity contribution in [2.75, 3.05) is 18.1 Å². The second-order valence-corrected chi connectivity index (χ2v) is 3.36. The summed E-state index contributed by atoms with van der Waals surface area (Å²) in [6.45, 7) is 2.20. The molecule has 58 valence electrons. The van der Waals surface area contributed by atoms with E-state index in [1.165, 1.54) is 0 Å². The minimum atomic E-state index is -0.666. The van der Waals surface area contributed by atoms with Crippen LogP contribution >= 0.6 is 11.8 Å². The molecule has 0 unspecified atom stereocenters. The Kier molecular flexibility index (Phi) is 2.21. The molecule has 1 heterocycles. The van der Waals surface area contributed by atoms with Crippen LogP contribution in [-0.4, -0.2) is 29.6 Å². The van der Waals surface area contributed by atoms with Crippen LogP contribution in [0, 0.1) is 0 Å². The lowest BCUT2D eigenvalue weighted by Crippen LogP contribution is -2.59. The summed E-state index contributed by atoms with van der Waals surface area (Å²) in [5.41, 5.74) is 4.97. The van der Waals surface area contributed by atoms with Gasteiger partial charge in [-0.1, -0.05) is 0 Å². The fraction of sp³-hybridized carbons (Fsp3) is 0.833. The van der Waals surface area contributed by atoms with Crippen molar-refractivity contribution in [1.29, 1.82) is 0 Å². The van der Waals surface area contributed by atoms with Crippen molar-refractivity contribution in [2.45, 2.75) is 12.5 Å². The van der Waals surface area contributed by atoms with Gasteiger partial charge in [0.15, 0.2) is 0 Å². The SMILES string of the molecule is CCOC(=O)C1(N)CSC1. The van der Waals surface area contributed by atoms with E-state index in [0.29, 0.717) is 18.1 Å². The molecule has 0 bridgehead atoms. The molecule has 0 aromatic carbocycles. The summed E-state index contributed by atoms with van der Waals surface area (Å²) in [6, 6.07) is 0. The van der Waals surface area contributed by atoms with Crippen molar-refractivity contribution >= 4 is 17.7 Å². The summed E-state index contributed by atoms with van der Waals surface area (Å²) < 4.78 is 4.77. The van der Waals surface area contributed by atoms with Crippen LogP contribution in [0.25, 0.3) is 0 Å². The van der Waals surface area contributed by atoms with Gasteiger partial charge in [-0.2, -0.15) is 11.8 Å². The second-order valence-electron chi connectivity index (χ2n) is 2.37. The predicted molar refractivity (Wildman–Crippen MR) is 40.9 cm³/mol. The third-order valence-electron chi connectivity index (χ3n) is 1.40. The Morgan fingerprint density at radius 2 is 2.40 bits per heavy atom. The Hall–Kier alpha value is -0.220. The molecule has 1 aliphatic heterocycles. The van der Waals surface area contributed by atoms with Crippen molar-refractivity contribution in [1.82, 2.24) is 0 Å². The molecule has 0 aliphatic carbocycles. The van der Waals surface area contributed by atoms with Crippen LogP contribution in [0.5, 0.6) is 0 Å². The highest BCUT2D eigenvalue weighted by atomic mass is 32.2. The minimum Gasteiger partial charge on any atom is -0.465 e. The fourth-order valence-corrected chi connectivity index (χ4v) is 1.59. The van der Waals surface area contributed by atoms with E-state index in [2.05, 4.69) is 0 Å². The number of nitrogens with two attached hydrogens (primary N) is 1. The van der Waals surface area contributed by atoms with E-state index in [9.17, 15) is 4.79 Å². The molecule has 10 heavy (non-hydrogen) atoms. The number of esters is 1. The highest BCUT2D eigenvalue weighted by molar-refractivity contribution is 8.01. The van der Waals surface area contributed by atoms with Gasteiger partial charge < -0.3 is 10.5 Å². The van der Waals surface area contributed by atoms with E-state index >= 15 is 0 Å². The summed E-state index contributed by atoms with van der Waals surface area (Å²) in [5.74, 6) is 1.14. The molecule has 0 atom stereocenters. The number of ether oxygens (including phenoxy) is 1. The molecule has 4 heteroatoms. The van der Waals surface area contributed by atoms with Crippen LogP contribution in [0.2, 0.25) is 0 Å². The highest BCUT2D eigenvalue weighted by Gasteiger charge is 2.42. The van der Waals surface area contributed by atoms with E-state index in [0.717, 1.165) is 0 Å². The molecule has 1 aliphatic rings. The predicted octanol–water partition coefficient (Wildman–Crippen LogP) is -0.00620. The summed E-state index contributed by atoms with van der Waals surface area (Å²) >= 11 is 1.67. The first-order valence-electron chi connectivity index (χ1n) is 3.23. The second kappa shape index (κ2) is 2.80. The quantitative estimate of drug-likeness (QED) is 0.579. The number of rotatable bonds is 2. The van der Waals surface area contributed by atoms with Crippen LogP contribution in [-0.2, 0) is 9.53 Å². The first-order valence-corrected chi connectivity index (χ1v) is 4.38. The van der Waals surface area contributed by atoms with E-state index in [4.69, 9.17) is 10.5 Å². The third kappa shape index (κ3) is 1.27. The van der Waals surface area contributed by atoms with Gasteiger partial charge in [-0.15, -0.1) is 0 Å². The van der Waals surface area contributed by atoms with Crippen LogP contribution in [0.1, 0.15) is 6.92 Å². The van der Waals surface area contributed by atoms with Crippen molar-refractivity contribution in [3.8, 4) is 0 Å². The van der Waals surface area contributed by atoms with E-state index in [-0.39, 0.29) is 5.97 Å². The average molecular weight is 161 g/mol. The summed E-state index contributed by atoms with van der Waals surface area (Å²) in [4.78, 5) is 11.0. The lowest BCUT2D eigenvalue weighted by molar-refractivity contribution is -0.148. The zero-order chi connectivity index (χ0) is 7.61. The molecular formula is C6H11NO2S. The maximum atomic E-state index is 11.0. The van der Waals surface area contributed by atoms with Crippen LogP contribution in [0.4, 0.5) is 0 Å². The third-order valence-corrected chi connectivity index (χ3v) is 2.84. The largest absolute Gasteiger partial charge is 0.465 e. The highest BCUT2D eigenvalue weighted by Crippen LogP contribution is 2.27. The molecule has 2 N–H and O–H groups in total. The Morgan fingerprint density at radius 3 is 2.70 bits per heavy atom. The lowest BCUT2D eigenvalue weighted by atomic mass is 10.1. The number of carbonyl (C=O) groups is 1. The first-order chi connectivity index (χ1) is 4.69. The number of hydrogen-bond acceptors (Lipinski definition) is 4. The zero-order valence-corrected chi connectivity index (χ0v) is 6.74. The van der Waals surface area contributed by atoms with E-state index < -0.39 is 5.54 Å². The Labute approximate surface area is 64.3 Å². The molecule has 0 spiro atoms. The zero-order valence-electron chi connectivity index (χ0n) is 5.92. The van der Waals surface area contributed by atoms with Gasteiger partial charge in [0, 0.05) is 11.5 Å². The van der Waals surface area contributed by atoms with Crippen molar-refractivity contribution in [3.05, 3.63) is 0 Å². The topological polar surface area (TPSA) is 52.3 Å². The number of thioether (sulfide) groups is 1. The van der Waals surface area contributed by atoms with Gasteiger partial charge in [0.1, 0.15) is 5.54 Å². The number of hydrogen-bond donors (Lipinski definition) is 1. The molecule has 0 radical (unpaired) electrons. The van der Waals surface area contributed by atoms with E-state index in [1.807, 2.05) is 0 Å². The Morgan fingerprint density at radius 1 is 1.80 bits per heavy atom. The standard InChI is InChI=1S/C6H11NO2S/c1-2-9-5(8)6(7)3-10-4-6/h2-4,7H2,1H3. The van der Waals surface area contributed by atoms with Gasteiger partial charge >= 0.3 is 5.97 Å². The van der Waals surface area contributed by atoms with Crippen LogP contribution < -0.4 is 5.73 Å². The first kappa shape index (κ1) is 7.88. The Bertz CT molecular complexity index is 145. The normalized spacial score (nSPS) is 21.4. The molecule has 0 aromatic rings.